The molecule has 0 saturated carbocycles. The minimum absolute atomic E-state index is 0.122. The van der Waals surface area contributed by atoms with E-state index in [1.807, 2.05) is 18.2 Å². The Hall–Kier alpha value is -2.56. The molecular weight excluding hydrogens is 266 g/mol. The van der Waals surface area contributed by atoms with E-state index in [0.29, 0.717) is 5.69 Å². The van der Waals surface area contributed by atoms with Crippen molar-refractivity contribution in [3.8, 4) is 0 Å². The minimum Gasteiger partial charge on any atom is -0.385 e. The van der Waals surface area contributed by atoms with Crippen LogP contribution in [-0.4, -0.2) is 17.4 Å². The van der Waals surface area contributed by atoms with Crippen molar-refractivity contribution in [3.63, 3.8) is 0 Å². The van der Waals surface area contributed by atoms with Crippen molar-refractivity contribution in [2.75, 3.05) is 17.2 Å². The van der Waals surface area contributed by atoms with Gasteiger partial charge in [-0.25, -0.2) is 0 Å². The quantitative estimate of drug-likeness (QED) is 0.791. The van der Waals surface area contributed by atoms with Crippen LogP contribution < -0.4 is 16.2 Å². The smallest absolute Gasteiger partial charge is 0.261 e. The van der Waals surface area contributed by atoms with E-state index >= 15 is 0 Å². The summed E-state index contributed by atoms with van der Waals surface area (Å²) < 4.78 is 0. The highest BCUT2D eigenvalue weighted by Crippen LogP contribution is 2.25. The van der Waals surface area contributed by atoms with Crippen molar-refractivity contribution < 1.29 is 4.79 Å². The van der Waals surface area contributed by atoms with Crippen LogP contribution in [-0.2, 0) is 6.42 Å². The lowest BCUT2D eigenvalue weighted by Gasteiger charge is -2.18. The average Bonchev–Trinajstić information content (AvgIpc) is 2.47. The molecular formula is C16H17N3O2. The number of fused-ring (bicyclic) bond motifs is 1. The third-order valence-electron chi connectivity index (χ3n) is 3.60. The second kappa shape index (κ2) is 5.44. The van der Waals surface area contributed by atoms with Gasteiger partial charge in [0.15, 0.2) is 0 Å². The first-order valence-electron chi connectivity index (χ1n) is 7.01. The molecule has 1 amide bonds. The third-order valence-corrected chi connectivity index (χ3v) is 3.60. The monoisotopic (exact) mass is 283 g/mol. The van der Waals surface area contributed by atoms with Crippen molar-refractivity contribution in [1.82, 2.24) is 4.98 Å². The molecule has 2 aromatic rings. The van der Waals surface area contributed by atoms with Gasteiger partial charge in [-0.15, -0.1) is 0 Å². The number of aryl methyl sites for hydroxylation is 2. The van der Waals surface area contributed by atoms with E-state index in [2.05, 4.69) is 15.6 Å². The molecule has 0 atom stereocenters. The largest absolute Gasteiger partial charge is 0.385 e. The maximum Gasteiger partial charge on any atom is 0.261 e. The lowest BCUT2D eigenvalue weighted by atomic mass is 10.0. The van der Waals surface area contributed by atoms with Crippen molar-refractivity contribution in [3.05, 3.63) is 57.5 Å². The fourth-order valence-corrected chi connectivity index (χ4v) is 2.50. The Labute approximate surface area is 122 Å². The summed E-state index contributed by atoms with van der Waals surface area (Å²) in [7, 11) is 0. The Morgan fingerprint density at radius 2 is 2.10 bits per heavy atom. The van der Waals surface area contributed by atoms with Gasteiger partial charge in [-0.1, -0.05) is 0 Å². The van der Waals surface area contributed by atoms with Gasteiger partial charge in [-0.05, 0) is 55.7 Å². The minimum atomic E-state index is -0.389. The summed E-state index contributed by atoms with van der Waals surface area (Å²) in [4.78, 5) is 26.6. The van der Waals surface area contributed by atoms with E-state index in [-0.39, 0.29) is 17.0 Å². The Morgan fingerprint density at radius 1 is 1.24 bits per heavy atom. The highest BCUT2D eigenvalue weighted by molar-refractivity contribution is 6.04. The summed E-state index contributed by atoms with van der Waals surface area (Å²) in [6.45, 7) is 2.76. The van der Waals surface area contributed by atoms with Crippen LogP contribution in [0.4, 0.5) is 11.4 Å². The Morgan fingerprint density at radius 3 is 2.90 bits per heavy atom. The lowest BCUT2D eigenvalue weighted by molar-refractivity contribution is 0.102. The Kier molecular flexibility index (Phi) is 3.48. The Bertz CT molecular complexity index is 749. The van der Waals surface area contributed by atoms with E-state index < -0.39 is 0 Å². The molecule has 0 bridgehead atoms. The second-order valence-electron chi connectivity index (χ2n) is 5.24. The number of carbonyl (C=O) groups is 1. The van der Waals surface area contributed by atoms with Crippen LogP contribution in [0.3, 0.4) is 0 Å². The first kappa shape index (κ1) is 13.4. The molecule has 0 unspecified atom stereocenters. The molecule has 1 aliphatic rings. The SMILES string of the molecule is Cc1ccc(C(=O)Nc2ccc3c(c2)CCCN3)c(=O)[nH]1. The molecule has 0 spiro atoms. The molecule has 0 aliphatic carbocycles. The number of rotatable bonds is 2. The summed E-state index contributed by atoms with van der Waals surface area (Å²) in [6.07, 6.45) is 2.08. The Balaban J connectivity index is 1.83. The lowest BCUT2D eigenvalue weighted by Crippen LogP contribution is -2.23. The summed E-state index contributed by atoms with van der Waals surface area (Å²) in [6, 6.07) is 9.03. The van der Waals surface area contributed by atoms with Crippen molar-refractivity contribution in [2.45, 2.75) is 19.8 Å². The first-order valence-corrected chi connectivity index (χ1v) is 7.01. The van der Waals surface area contributed by atoms with Crippen LogP contribution in [0.1, 0.15) is 28.0 Å². The highest BCUT2D eigenvalue weighted by atomic mass is 16.2. The maximum atomic E-state index is 12.2. The molecule has 1 aromatic heterocycles. The van der Waals surface area contributed by atoms with E-state index in [1.54, 1.807) is 19.1 Å². The second-order valence-corrected chi connectivity index (χ2v) is 5.24. The van der Waals surface area contributed by atoms with E-state index in [9.17, 15) is 9.59 Å². The molecule has 0 radical (unpaired) electrons. The standard InChI is InChI=1S/C16H17N3O2/c1-10-4-6-13(15(20)18-10)16(21)19-12-5-7-14-11(9-12)3-2-8-17-14/h4-7,9,17H,2-3,8H2,1H3,(H,18,20)(H,19,21). The third kappa shape index (κ3) is 2.81. The zero-order valence-electron chi connectivity index (χ0n) is 11.8. The zero-order valence-corrected chi connectivity index (χ0v) is 11.8. The number of amides is 1. The van der Waals surface area contributed by atoms with Crippen LogP contribution in [0.15, 0.2) is 35.1 Å². The average molecular weight is 283 g/mol. The number of benzene rings is 1. The molecule has 5 nitrogen and oxygen atoms in total. The molecule has 1 aliphatic heterocycles. The van der Waals surface area contributed by atoms with Gasteiger partial charge in [0.1, 0.15) is 5.56 Å². The molecule has 5 heteroatoms. The summed E-state index contributed by atoms with van der Waals surface area (Å²) in [5, 5.41) is 6.10. The number of aromatic nitrogens is 1. The van der Waals surface area contributed by atoms with E-state index in [1.165, 1.54) is 5.56 Å². The zero-order chi connectivity index (χ0) is 14.8. The van der Waals surface area contributed by atoms with Crippen molar-refractivity contribution in [1.29, 1.82) is 0 Å². The van der Waals surface area contributed by atoms with Crippen LogP contribution in [0.25, 0.3) is 0 Å². The van der Waals surface area contributed by atoms with Gasteiger partial charge in [0, 0.05) is 23.6 Å². The number of hydrogen-bond donors (Lipinski definition) is 3. The van der Waals surface area contributed by atoms with Gasteiger partial charge >= 0.3 is 0 Å². The molecule has 1 aromatic carbocycles. The molecule has 0 saturated heterocycles. The predicted molar refractivity (Wildman–Crippen MR) is 83.0 cm³/mol. The van der Waals surface area contributed by atoms with Gasteiger partial charge in [-0.3, -0.25) is 9.59 Å². The molecule has 0 fully saturated rings. The number of anilines is 2. The van der Waals surface area contributed by atoms with Gasteiger partial charge in [0.2, 0.25) is 0 Å². The van der Waals surface area contributed by atoms with Crippen LogP contribution in [0.2, 0.25) is 0 Å². The van der Waals surface area contributed by atoms with Crippen molar-refractivity contribution in [2.24, 2.45) is 0 Å². The number of hydrogen-bond acceptors (Lipinski definition) is 3. The fraction of sp³-hybridized carbons (Fsp3) is 0.250. The van der Waals surface area contributed by atoms with Gasteiger partial charge < -0.3 is 15.6 Å². The molecule has 108 valence electrons. The highest BCUT2D eigenvalue weighted by Gasteiger charge is 2.13. The number of aromatic amines is 1. The van der Waals surface area contributed by atoms with Gasteiger partial charge in [-0.2, -0.15) is 0 Å². The first-order chi connectivity index (χ1) is 10.1. The molecule has 21 heavy (non-hydrogen) atoms. The van der Waals surface area contributed by atoms with Gasteiger partial charge in [0.25, 0.3) is 11.5 Å². The van der Waals surface area contributed by atoms with Crippen LogP contribution in [0, 0.1) is 6.92 Å². The summed E-state index contributed by atoms with van der Waals surface area (Å²) in [5.74, 6) is -0.389. The molecule has 3 N–H and O–H groups in total. The molecule has 2 heterocycles. The predicted octanol–water partition coefficient (Wildman–Crippen LogP) is 2.29. The number of pyridine rings is 1. The number of H-pyrrole nitrogens is 1. The topological polar surface area (TPSA) is 74.0 Å². The van der Waals surface area contributed by atoms with Gasteiger partial charge in [0.05, 0.1) is 0 Å². The van der Waals surface area contributed by atoms with Crippen LogP contribution in [0.5, 0.6) is 0 Å². The fourth-order valence-electron chi connectivity index (χ4n) is 2.50. The normalized spacial score (nSPS) is 13.2. The maximum absolute atomic E-state index is 12.2. The summed E-state index contributed by atoms with van der Waals surface area (Å²) >= 11 is 0. The summed E-state index contributed by atoms with van der Waals surface area (Å²) in [5.41, 5.74) is 3.51. The van der Waals surface area contributed by atoms with Crippen LogP contribution >= 0.6 is 0 Å². The van der Waals surface area contributed by atoms with E-state index in [0.717, 1.165) is 30.8 Å². The number of nitrogens with one attached hydrogen (secondary N) is 3. The number of carbonyl (C=O) groups excluding carboxylic acids is 1. The molecule has 3 rings (SSSR count). The van der Waals surface area contributed by atoms with Crippen molar-refractivity contribution >= 4 is 17.3 Å². The van der Waals surface area contributed by atoms with E-state index in [4.69, 9.17) is 0 Å².